The van der Waals surface area contributed by atoms with E-state index < -0.39 is 0 Å². The summed E-state index contributed by atoms with van der Waals surface area (Å²) in [6.07, 6.45) is 3.51. The van der Waals surface area contributed by atoms with Crippen LogP contribution in [0, 0.1) is 0 Å². The number of halogens is 1. The first-order valence-electron chi connectivity index (χ1n) is 9.66. The largest absolute Gasteiger partial charge is 0.338 e. The highest BCUT2D eigenvalue weighted by molar-refractivity contribution is 7.16. The van der Waals surface area contributed by atoms with Crippen molar-refractivity contribution in [2.24, 2.45) is 0 Å². The Morgan fingerprint density at radius 2 is 1.64 bits per heavy atom. The summed E-state index contributed by atoms with van der Waals surface area (Å²) in [5, 5.41) is 0. The Morgan fingerprint density at radius 3 is 2.29 bits per heavy atom. The Balaban J connectivity index is 1.19. The fourth-order valence-corrected chi connectivity index (χ4v) is 4.79. The third kappa shape index (κ3) is 5.00. The Kier molecular flexibility index (Phi) is 6.41. The third-order valence-electron chi connectivity index (χ3n) is 5.30. The molecule has 0 saturated carbocycles. The van der Waals surface area contributed by atoms with E-state index in [0.29, 0.717) is 6.54 Å². The normalized spacial score (nSPS) is 19.2. The number of rotatable bonds is 5. The molecule has 0 aromatic carbocycles. The van der Waals surface area contributed by atoms with Crippen LogP contribution in [-0.4, -0.2) is 89.5 Å². The number of carbonyl (C=O) groups is 1. The molecule has 9 heteroatoms. The molecular weight excluding hydrogens is 396 g/mol. The Morgan fingerprint density at radius 1 is 0.964 bits per heavy atom. The van der Waals surface area contributed by atoms with E-state index in [1.54, 1.807) is 23.7 Å². The molecule has 0 atom stereocenters. The fourth-order valence-electron chi connectivity index (χ4n) is 3.66. The molecule has 0 unspecified atom stereocenters. The van der Waals surface area contributed by atoms with E-state index in [-0.39, 0.29) is 5.91 Å². The van der Waals surface area contributed by atoms with Gasteiger partial charge in [-0.15, -0.1) is 11.3 Å². The zero-order chi connectivity index (χ0) is 19.3. The molecular formula is C19H25ClN6OS. The lowest BCUT2D eigenvalue weighted by molar-refractivity contribution is -0.133. The van der Waals surface area contributed by atoms with Gasteiger partial charge < -0.3 is 9.80 Å². The summed E-state index contributed by atoms with van der Waals surface area (Å²) in [5.41, 5.74) is 0. The van der Waals surface area contributed by atoms with Crippen molar-refractivity contribution >= 4 is 34.8 Å². The molecule has 150 valence electrons. The van der Waals surface area contributed by atoms with Crippen molar-refractivity contribution in [2.45, 2.75) is 6.54 Å². The molecule has 2 saturated heterocycles. The second-order valence-electron chi connectivity index (χ2n) is 7.17. The molecule has 2 aliphatic heterocycles. The summed E-state index contributed by atoms with van der Waals surface area (Å²) in [7, 11) is 0. The van der Waals surface area contributed by atoms with Crippen LogP contribution < -0.4 is 4.90 Å². The Hall–Kier alpha value is -1.74. The number of thiophene rings is 1. The summed E-state index contributed by atoms with van der Waals surface area (Å²) in [4.78, 5) is 31.4. The van der Waals surface area contributed by atoms with Gasteiger partial charge in [0.2, 0.25) is 11.9 Å². The minimum absolute atomic E-state index is 0.229. The number of piperazine rings is 2. The highest BCUT2D eigenvalue weighted by atomic mass is 35.5. The molecule has 0 aliphatic carbocycles. The van der Waals surface area contributed by atoms with Crippen LogP contribution in [0.4, 0.5) is 5.95 Å². The topological polar surface area (TPSA) is 55.8 Å². The quantitative estimate of drug-likeness (QED) is 0.733. The fraction of sp³-hybridized carbons (Fsp3) is 0.526. The highest BCUT2D eigenvalue weighted by Crippen LogP contribution is 2.23. The van der Waals surface area contributed by atoms with Crippen LogP contribution >= 0.6 is 22.9 Å². The monoisotopic (exact) mass is 420 g/mol. The van der Waals surface area contributed by atoms with Crippen molar-refractivity contribution in [3.05, 3.63) is 39.8 Å². The van der Waals surface area contributed by atoms with Crippen LogP contribution in [0.25, 0.3) is 0 Å². The van der Waals surface area contributed by atoms with Crippen LogP contribution in [0.2, 0.25) is 4.34 Å². The predicted molar refractivity (Wildman–Crippen MR) is 112 cm³/mol. The zero-order valence-corrected chi connectivity index (χ0v) is 17.4. The molecule has 0 spiro atoms. The van der Waals surface area contributed by atoms with E-state index in [9.17, 15) is 4.79 Å². The molecule has 2 fully saturated rings. The summed E-state index contributed by atoms with van der Waals surface area (Å²) < 4.78 is 0.846. The minimum atomic E-state index is 0.229. The standard InChI is InChI=1S/C19H25ClN6OS/c20-17-3-2-16(28-17)14-23-6-8-24(9-7-23)15-18(27)25-10-12-26(13-11-25)19-21-4-1-5-22-19/h1-5H,6-15H2. The Bertz CT molecular complexity index is 772. The number of aromatic nitrogens is 2. The summed E-state index contributed by atoms with van der Waals surface area (Å²) in [6, 6.07) is 5.88. The van der Waals surface area contributed by atoms with Gasteiger partial charge >= 0.3 is 0 Å². The van der Waals surface area contributed by atoms with Gasteiger partial charge in [-0.25, -0.2) is 9.97 Å². The lowest BCUT2D eigenvalue weighted by Gasteiger charge is -2.37. The maximum atomic E-state index is 12.7. The van der Waals surface area contributed by atoms with Gasteiger partial charge in [0.1, 0.15) is 0 Å². The van der Waals surface area contributed by atoms with Gasteiger partial charge in [-0.05, 0) is 18.2 Å². The number of nitrogens with zero attached hydrogens (tertiary/aromatic N) is 6. The number of amides is 1. The van der Waals surface area contributed by atoms with E-state index in [1.807, 2.05) is 17.0 Å². The molecule has 2 aromatic heterocycles. The van der Waals surface area contributed by atoms with E-state index >= 15 is 0 Å². The van der Waals surface area contributed by atoms with Crippen molar-refractivity contribution in [2.75, 3.05) is 63.8 Å². The average molecular weight is 421 g/mol. The lowest BCUT2D eigenvalue weighted by atomic mass is 10.2. The molecule has 0 N–H and O–H groups in total. The van der Waals surface area contributed by atoms with Crippen LogP contribution in [-0.2, 0) is 11.3 Å². The first-order valence-corrected chi connectivity index (χ1v) is 10.9. The van der Waals surface area contributed by atoms with Crippen molar-refractivity contribution in [3.8, 4) is 0 Å². The van der Waals surface area contributed by atoms with E-state index in [4.69, 9.17) is 11.6 Å². The van der Waals surface area contributed by atoms with E-state index in [0.717, 1.165) is 69.2 Å². The first kappa shape index (κ1) is 19.6. The molecule has 2 aliphatic rings. The second-order valence-corrected chi connectivity index (χ2v) is 8.97. The van der Waals surface area contributed by atoms with E-state index in [2.05, 4.69) is 30.7 Å². The van der Waals surface area contributed by atoms with Crippen LogP contribution in [0.15, 0.2) is 30.6 Å². The summed E-state index contributed by atoms with van der Waals surface area (Å²) in [5.74, 6) is 0.977. The maximum absolute atomic E-state index is 12.7. The molecule has 4 rings (SSSR count). The molecule has 7 nitrogen and oxygen atoms in total. The average Bonchev–Trinajstić information content (AvgIpc) is 3.15. The first-order chi connectivity index (χ1) is 13.7. The van der Waals surface area contributed by atoms with Gasteiger partial charge in [-0.3, -0.25) is 14.6 Å². The van der Waals surface area contributed by atoms with Gasteiger partial charge in [0, 0.05) is 76.2 Å². The maximum Gasteiger partial charge on any atom is 0.236 e. The summed E-state index contributed by atoms with van der Waals surface area (Å²) >= 11 is 7.66. The third-order valence-corrected chi connectivity index (χ3v) is 6.52. The van der Waals surface area contributed by atoms with Gasteiger partial charge in [-0.2, -0.15) is 0 Å². The SMILES string of the molecule is O=C(CN1CCN(Cc2ccc(Cl)s2)CC1)N1CCN(c2ncccn2)CC1. The molecule has 2 aromatic rings. The molecule has 4 heterocycles. The van der Waals surface area contributed by atoms with Crippen LogP contribution in [0.5, 0.6) is 0 Å². The van der Waals surface area contributed by atoms with E-state index in [1.165, 1.54) is 4.88 Å². The van der Waals surface area contributed by atoms with Gasteiger partial charge in [0.15, 0.2) is 0 Å². The highest BCUT2D eigenvalue weighted by Gasteiger charge is 2.25. The van der Waals surface area contributed by atoms with Gasteiger partial charge in [-0.1, -0.05) is 11.6 Å². The number of carbonyl (C=O) groups excluding carboxylic acids is 1. The van der Waals surface area contributed by atoms with Gasteiger partial charge in [0.05, 0.1) is 10.9 Å². The van der Waals surface area contributed by atoms with Crippen molar-refractivity contribution < 1.29 is 4.79 Å². The number of hydrogen-bond donors (Lipinski definition) is 0. The lowest BCUT2D eigenvalue weighted by Crippen LogP contribution is -2.54. The van der Waals surface area contributed by atoms with Crippen LogP contribution in [0.3, 0.4) is 0 Å². The Labute approximate surface area is 174 Å². The van der Waals surface area contributed by atoms with Crippen molar-refractivity contribution in [1.29, 1.82) is 0 Å². The molecule has 0 bridgehead atoms. The molecule has 1 amide bonds. The van der Waals surface area contributed by atoms with Gasteiger partial charge in [0.25, 0.3) is 0 Å². The predicted octanol–water partition coefficient (Wildman–Crippen LogP) is 1.66. The van der Waals surface area contributed by atoms with Crippen molar-refractivity contribution in [3.63, 3.8) is 0 Å². The van der Waals surface area contributed by atoms with Crippen molar-refractivity contribution in [1.82, 2.24) is 24.7 Å². The molecule has 28 heavy (non-hydrogen) atoms. The van der Waals surface area contributed by atoms with Crippen LogP contribution in [0.1, 0.15) is 4.88 Å². The number of hydrogen-bond acceptors (Lipinski definition) is 7. The second kappa shape index (κ2) is 9.17. The number of anilines is 1. The summed E-state index contributed by atoms with van der Waals surface area (Å²) in [6.45, 7) is 8.34. The molecule has 0 radical (unpaired) electrons. The smallest absolute Gasteiger partial charge is 0.236 e. The zero-order valence-electron chi connectivity index (χ0n) is 15.8. The minimum Gasteiger partial charge on any atom is -0.338 e.